The summed E-state index contributed by atoms with van der Waals surface area (Å²) in [6, 6.07) is 11.5. The van der Waals surface area contributed by atoms with Gasteiger partial charge < -0.3 is 15.2 Å². The molecule has 0 radical (unpaired) electrons. The first kappa shape index (κ1) is 24.1. The highest BCUT2D eigenvalue weighted by Gasteiger charge is 2.29. The predicted octanol–water partition coefficient (Wildman–Crippen LogP) is 5.06. The van der Waals surface area contributed by atoms with Crippen molar-refractivity contribution in [2.75, 3.05) is 5.32 Å². The zero-order valence-electron chi connectivity index (χ0n) is 20.0. The summed E-state index contributed by atoms with van der Waals surface area (Å²) in [5, 5.41) is 14.9. The molecule has 0 bridgehead atoms. The number of pyridine rings is 1. The van der Waals surface area contributed by atoms with Crippen molar-refractivity contribution in [3.05, 3.63) is 71.1 Å². The number of hydrogen-bond donors (Lipinski definition) is 2. The number of fused-ring (bicyclic) bond motifs is 1. The molecule has 13 heteroatoms. The van der Waals surface area contributed by atoms with E-state index >= 15 is 0 Å². The van der Waals surface area contributed by atoms with Crippen LogP contribution in [0, 0.1) is 0 Å². The third-order valence-electron chi connectivity index (χ3n) is 6.49. The number of alkyl halides is 2. The average Bonchev–Trinajstić information content (AvgIpc) is 3.69. The maximum absolute atomic E-state index is 13.0. The van der Waals surface area contributed by atoms with Crippen LogP contribution in [0.1, 0.15) is 52.8 Å². The molecule has 4 heterocycles. The van der Waals surface area contributed by atoms with Crippen molar-refractivity contribution in [1.29, 1.82) is 0 Å². The average molecular weight is 536 g/mol. The summed E-state index contributed by atoms with van der Waals surface area (Å²) < 4.78 is 28.1. The topological polar surface area (TPSA) is 115 Å². The molecular formula is C25H23F2N9OS. The lowest BCUT2D eigenvalue weighted by molar-refractivity contribution is 0.0920. The second kappa shape index (κ2) is 10.2. The Balaban J connectivity index is 1.31. The van der Waals surface area contributed by atoms with E-state index in [0.717, 1.165) is 48.0 Å². The van der Waals surface area contributed by atoms with Gasteiger partial charge in [-0.2, -0.15) is 10.2 Å². The van der Waals surface area contributed by atoms with Gasteiger partial charge in [-0.05, 0) is 37.8 Å². The van der Waals surface area contributed by atoms with E-state index in [-0.39, 0.29) is 22.0 Å². The van der Waals surface area contributed by atoms with Crippen molar-refractivity contribution in [3.63, 3.8) is 0 Å². The minimum absolute atomic E-state index is 0.0130. The SMILES string of the molecule is O=C(NC1CCCC(n2c(Nc3ccccc3)nc3cnc(-n4nccn4)cc32)C1)c1ncc(C(F)F)s1. The maximum Gasteiger partial charge on any atom is 0.280 e. The molecule has 2 unspecified atom stereocenters. The number of thiazole rings is 1. The first-order chi connectivity index (χ1) is 18.5. The zero-order valence-corrected chi connectivity index (χ0v) is 20.9. The van der Waals surface area contributed by atoms with Crippen molar-refractivity contribution >= 4 is 39.9 Å². The minimum Gasteiger partial charge on any atom is -0.347 e. The summed E-state index contributed by atoms with van der Waals surface area (Å²) in [7, 11) is 0. The smallest absolute Gasteiger partial charge is 0.280 e. The highest BCUT2D eigenvalue weighted by atomic mass is 32.1. The normalized spacial score (nSPS) is 17.7. The van der Waals surface area contributed by atoms with Gasteiger partial charge in [0.1, 0.15) is 5.52 Å². The highest BCUT2D eigenvalue weighted by Crippen LogP contribution is 2.36. The van der Waals surface area contributed by atoms with E-state index in [2.05, 4.69) is 35.4 Å². The number of rotatable bonds is 7. The number of halogens is 2. The summed E-state index contributed by atoms with van der Waals surface area (Å²) in [5.41, 5.74) is 2.47. The summed E-state index contributed by atoms with van der Waals surface area (Å²) >= 11 is 0.723. The molecular weight excluding hydrogens is 512 g/mol. The first-order valence-electron chi connectivity index (χ1n) is 12.2. The fourth-order valence-corrected chi connectivity index (χ4v) is 5.48. The largest absolute Gasteiger partial charge is 0.347 e. The molecule has 0 spiro atoms. The molecule has 1 aliphatic rings. The van der Waals surface area contributed by atoms with Crippen LogP contribution in [-0.4, -0.2) is 46.5 Å². The summed E-state index contributed by atoms with van der Waals surface area (Å²) in [6.07, 6.45) is 6.48. The van der Waals surface area contributed by atoms with E-state index < -0.39 is 12.3 Å². The fourth-order valence-electron chi connectivity index (χ4n) is 4.81. The van der Waals surface area contributed by atoms with Gasteiger partial charge in [0.15, 0.2) is 10.8 Å². The number of carbonyl (C=O) groups excluding carboxylic acids is 1. The third-order valence-corrected chi connectivity index (χ3v) is 7.50. The second-order valence-corrected chi connectivity index (χ2v) is 10.1. The van der Waals surface area contributed by atoms with Gasteiger partial charge in [0.05, 0.1) is 29.0 Å². The van der Waals surface area contributed by atoms with Crippen LogP contribution in [-0.2, 0) is 0 Å². The molecule has 2 N–H and O–H groups in total. The molecule has 1 aliphatic carbocycles. The van der Waals surface area contributed by atoms with Gasteiger partial charge in [-0.1, -0.05) is 18.2 Å². The number of benzene rings is 1. The second-order valence-electron chi connectivity index (χ2n) is 9.01. The van der Waals surface area contributed by atoms with Crippen LogP contribution in [0.4, 0.5) is 20.4 Å². The number of anilines is 2. The molecule has 1 saturated carbocycles. The van der Waals surface area contributed by atoms with E-state index in [1.807, 2.05) is 36.4 Å². The highest BCUT2D eigenvalue weighted by molar-refractivity contribution is 7.13. The number of aromatic nitrogens is 7. The van der Waals surface area contributed by atoms with Gasteiger partial charge in [-0.15, -0.1) is 16.1 Å². The van der Waals surface area contributed by atoms with Gasteiger partial charge in [0.25, 0.3) is 12.3 Å². The van der Waals surface area contributed by atoms with Gasteiger partial charge >= 0.3 is 0 Å². The Kier molecular flexibility index (Phi) is 6.50. The van der Waals surface area contributed by atoms with Gasteiger partial charge in [-0.3, -0.25) is 4.79 Å². The molecule has 4 aromatic heterocycles. The third kappa shape index (κ3) is 4.84. The number of imidazole rings is 1. The van der Waals surface area contributed by atoms with E-state index in [9.17, 15) is 13.6 Å². The van der Waals surface area contributed by atoms with Crippen LogP contribution in [0.2, 0.25) is 0 Å². The Bertz CT molecular complexity index is 1550. The molecule has 194 valence electrons. The fraction of sp³-hybridized carbons (Fsp3) is 0.280. The molecule has 6 rings (SSSR count). The quantitative estimate of drug-likeness (QED) is 0.299. The Morgan fingerprint density at radius 3 is 2.66 bits per heavy atom. The molecule has 1 amide bonds. The predicted molar refractivity (Wildman–Crippen MR) is 138 cm³/mol. The van der Waals surface area contributed by atoms with Crippen LogP contribution in [0.25, 0.3) is 16.9 Å². The van der Waals surface area contributed by atoms with Crippen LogP contribution >= 0.6 is 11.3 Å². The Morgan fingerprint density at radius 2 is 1.89 bits per heavy atom. The number of nitrogens with one attached hydrogen (secondary N) is 2. The summed E-state index contributed by atoms with van der Waals surface area (Å²) in [5.74, 6) is 0.799. The standard InChI is InChI=1S/C25H23F2N9OS/c26-22(27)20-14-29-24(38-20)23(37)32-16-7-4-8-17(11-16)35-19-12-21(36-30-9-10-31-36)28-13-18(19)34-25(35)33-15-5-2-1-3-6-15/h1-3,5-6,9-10,12-14,16-17,22H,4,7-8,11H2,(H,32,37)(H,33,34). The Hall–Kier alpha value is -4.26. The minimum atomic E-state index is -2.64. The van der Waals surface area contributed by atoms with Crippen molar-refractivity contribution < 1.29 is 13.6 Å². The number of amides is 1. The molecule has 0 aliphatic heterocycles. The molecule has 1 aromatic carbocycles. The van der Waals surface area contributed by atoms with Crippen LogP contribution < -0.4 is 10.6 Å². The lowest BCUT2D eigenvalue weighted by Gasteiger charge is -2.31. The molecule has 38 heavy (non-hydrogen) atoms. The van der Waals surface area contributed by atoms with Crippen LogP contribution in [0.3, 0.4) is 0 Å². The van der Waals surface area contributed by atoms with E-state index in [0.29, 0.717) is 23.7 Å². The number of carbonyl (C=O) groups is 1. The summed E-state index contributed by atoms with van der Waals surface area (Å²) in [4.78, 5) is 27.2. The molecule has 0 saturated heterocycles. The number of hydrogen-bond acceptors (Lipinski definition) is 8. The van der Waals surface area contributed by atoms with Crippen molar-refractivity contribution in [1.82, 2.24) is 39.8 Å². The van der Waals surface area contributed by atoms with E-state index in [1.165, 1.54) is 4.80 Å². The molecule has 5 aromatic rings. The summed E-state index contributed by atoms with van der Waals surface area (Å²) in [6.45, 7) is 0. The van der Waals surface area contributed by atoms with Crippen LogP contribution in [0.5, 0.6) is 0 Å². The zero-order chi connectivity index (χ0) is 26.1. The van der Waals surface area contributed by atoms with Crippen molar-refractivity contribution in [3.8, 4) is 5.82 Å². The number of nitrogens with zero attached hydrogens (tertiary/aromatic N) is 7. The Labute approximate surface area is 219 Å². The van der Waals surface area contributed by atoms with E-state index in [1.54, 1.807) is 18.6 Å². The number of para-hydroxylation sites is 1. The van der Waals surface area contributed by atoms with Crippen LogP contribution in [0.15, 0.2) is 61.2 Å². The lowest BCUT2D eigenvalue weighted by Crippen LogP contribution is -2.39. The molecule has 10 nitrogen and oxygen atoms in total. The van der Waals surface area contributed by atoms with E-state index in [4.69, 9.17) is 4.98 Å². The van der Waals surface area contributed by atoms with Gasteiger partial charge in [0.2, 0.25) is 5.95 Å². The monoisotopic (exact) mass is 535 g/mol. The molecule has 1 fully saturated rings. The van der Waals surface area contributed by atoms with Crippen molar-refractivity contribution in [2.45, 2.75) is 44.2 Å². The Morgan fingerprint density at radius 1 is 1.08 bits per heavy atom. The lowest BCUT2D eigenvalue weighted by atomic mass is 9.90. The molecule has 2 atom stereocenters. The first-order valence-corrected chi connectivity index (χ1v) is 13.0. The van der Waals surface area contributed by atoms with Gasteiger partial charge in [-0.25, -0.2) is 23.7 Å². The van der Waals surface area contributed by atoms with Gasteiger partial charge in [0, 0.05) is 30.0 Å². The maximum atomic E-state index is 13.0. The van der Waals surface area contributed by atoms with Crippen molar-refractivity contribution in [2.24, 2.45) is 0 Å².